The molecule has 0 spiro atoms. The molecule has 0 aliphatic carbocycles. The van der Waals surface area contributed by atoms with Crippen LogP contribution in [0.3, 0.4) is 0 Å². The van der Waals surface area contributed by atoms with Crippen LogP contribution in [0.25, 0.3) is 11.1 Å². The predicted molar refractivity (Wildman–Crippen MR) is 83.6 cm³/mol. The van der Waals surface area contributed by atoms with Crippen molar-refractivity contribution >= 4 is 17.0 Å². The Hall–Kier alpha value is -2.08. The van der Waals surface area contributed by atoms with Crippen molar-refractivity contribution in [2.75, 3.05) is 6.54 Å². The van der Waals surface area contributed by atoms with Crippen LogP contribution in [0.2, 0.25) is 0 Å². The standard InChI is InChI=1S/C16H22N2O4/c1-16(2,3)13(19)10-17-14(20)8-9-18-11-6-4-5-7-12(11)22-15(18)21/h4-7,13,19H,8-10H2,1-3H3,(H,17,20). The average molecular weight is 306 g/mol. The van der Waals surface area contributed by atoms with Crippen molar-refractivity contribution in [3.8, 4) is 0 Å². The topological polar surface area (TPSA) is 84.5 Å². The summed E-state index contributed by atoms with van der Waals surface area (Å²) in [6.07, 6.45) is -0.464. The van der Waals surface area contributed by atoms with Gasteiger partial charge in [0.05, 0.1) is 11.6 Å². The van der Waals surface area contributed by atoms with Gasteiger partial charge in [-0.1, -0.05) is 32.9 Å². The Bertz CT molecular complexity index is 709. The Morgan fingerprint density at radius 1 is 1.36 bits per heavy atom. The summed E-state index contributed by atoms with van der Waals surface area (Å²) in [7, 11) is 0. The molecule has 120 valence electrons. The first kappa shape index (κ1) is 16.3. The minimum Gasteiger partial charge on any atom is -0.408 e. The van der Waals surface area contributed by atoms with Crippen LogP contribution in [0.1, 0.15) is 27.2 Å². The van der Waals surface area contributed by atoms with Gasteiger partial charge >= 0.3 is 5.76 Å². The fraction of sp³-hybridized carbons (Fsp3) is 0.500. The van der Waals surface area contributed by atoms with Crippen molar-refractivity contribution in [1.82, 2.24) is 9.88 Å². The number of nitrogens with one attached hydrogen (secondary N) is 1. The fourth-order valence-electron chi connectivity index (χ4n) is 2.04. The second-order valence-electron chi connectivity index (χ2n) is 6.42. The number of benzene rings is 1. The normalized spacial score (nSPS) is 13.3. The summed E-state index contributed by atoms with van der Waals surface area (Å²) in [5, 5.41) is 12.6. The van der Waals surface area contributed by atoms with Gasteiger partial charge < -0.3 is 14.8 Å². The first-order valence-corrected chi connectivity index (χ1v) is 7.32. The number of hydrogen-bond donors (Lipinski definition) is 2. The zero-order valence-electron chi connectivity index (χ0n) is 13.1. The van der Waals surface area contributed by atoms with Crippen LogP contribution in [0.4, 0.5) is 0 Å². The number of para-hydroxylation sites is 2. The lowest BCUT2D eigenvalue weighted by Crippen LogP contribution is -2.39. The third-order valence-electron chi connectivity index (χ3n) is 3.63. The SMILES string of the molecule is CC(C)(C)C(O)CNC(=O)CCn1c(=O)oc2ccccc21. The Morgan fingerprint density at radius 3 is 2.73 bits per heavy atom. The summed E-state index contributed by atoms with van der Waals surface area (Å²) in [6, 6.07) is 7.10. The second-order valence-corrected chi connectivity index (χ2v) is 6.42. The first-order chi connectivity index (χ1) is 10.3. The van der Waals surface area contributed by atoms with E-state index in [9.17, 15) is 14.7 Å². The molecule has 6 nitrogen and oxygen atoms in total. The van der Waals surface area contributed by atoms with Crippen LogP contribution in [-0.2, 0) is 11.3 Å². The highest BCUT2D eigenvalue weighted by Crippen LogP contribution is 2.18. The molecule has 1 heterocycles. The van der Waals surface area contributed by atoms with Gasteiger partial charge in [0.2, 0.25) is 5.91 Å². The van der Waals surface area contributed by atoms with Gasteiger partial charge in [0.25, 0.3) is 0 Å². The quantitative estimate of drug-likeness (QED) is 0.877. The van der Waals surface area contributed by atoms with E-state index in [2.05, 4.69) is 5.32 Å². The average Bonchev–Trinajstić information content (AvgIpc) is 2.77. The number of carbonyl (C=O) groups is 1. The molecule has 1 atom stereocenters. The van der Waals surface area contributed by atoms with Gasteiger partial charge in [-0.3, -0.25) is 9.36 Å². The number of hydrogen-bond acceptors (Lipinski definition) is 4. The van der Waals surface area contributed by atoms with Crippen molar-refractivity contribution in [3.63, 3.8) is 0 Å². The molecule has 22 heavy (non-hydrogen) atoms. The number of amides is 1. The monoisotopic (exact) mass is 306 g/mol. The maximum atomic E-state index is 11.8. The van der Waals surface area contributed by atoms with Gasteiger partial charge in [-0.25, -0.2) is 4.79 Å². The minimum absolute atomic E-state index is 0.153. The van der Waals surface area contributed by atoms with E-state index in [1.807, 2.05) is 26.8 Å². The zero-order chi connectivity index (χ0) is 16.3. The lowest BCUT2D eigenvalue weighted by atomic mass is 9.89. The van der Waals surface area contributed by atoms with Crippen LogP contribution < -0.4 is 11.1 Å². The third-order valence-corrected chi connectivity index (χ3v) is 3.63. The van der Waals surface area contributed by atoms with Gasteiger partial charge in [0.15, 0.2) is 5.58 Å². The third kappa shape index (κ3) is 3.76. The van der Waals surface area contributed by atoms with Crippen LogP contribution in [-0.4, -0.2) is 28.2 Å². The molecule has 0 aliphatic rings. The molecule has 2 rings (SSSR count). The van der Waals surface area contributed by atoms with Crippen molar-refractivity contribution < 1.29 is 14.3 Å². The molecule has 0 saturated heterocycles. The van der Waals surface area contributed by atoms with E-state index < -0.39 is 11.9 Å². The molecule has 2 N–H and O–H groups in total. The molecule has 0 fully saturated rings. The highest BCUT2D eigenvalue weighted by Gasteiger charge is 2.22. The molecule has 1 unspecified atom stereocenters. The predicted octanol–water partition coefficient (Wildman–Crippen LogP) is 1.51. The Labute approximate surface area is 128 Å². The number of aliphatic hydroxyl groups is 1. The number of aryl methyl sites for hydroxylation is 1. The van der Waals surface area contributed by atoms with E-state index >= 15 is 0 Å². The van der Waals surface area contributed by atoms with Gasteiger partial charge in [-0.05, 0) is 17.5 Å². The summed E-state index contributed by atoms with van der Waals surface area (Å²) in [4.78, 5) is 23.6. The summed E-state index contributed by atoms with van der Waals surface area (Å²) < 4.78 is 6.55. The van der Waals surface area contributed by atoms with E-state index in [1.165, 1.54) is 4.57 Å². The van der Waals surface area contributed by atoms with E-state index in [0.717, 1.165) is 0 Å². The number of nitrogens with zero attached hydrogens (tertiary/aromatic N) is 1. The molecule has 2 aromatic rings. The highest BCUT2D eigenvalue weighted by atomic mass is 16.4. The summed E-state index contributed by atoms with van der Waals surface area (Å²) in [6.45, 7) is 6.15. The zero-order valence-corrected chi connectivity index (χ0v) is 13.1. The molecule has 0 bridgehead atoms. The minimum atomic E-state index is -0.617. The van der Waals surface area contributed by atoms with Crippen LogP contribution in [0, 0.1) is 5.41 Å². The van der Waals surface area contributed by atoms with Gasteiger partial charge in [0, 0.05) is 19.5 Å². The summed E-state index contributed by atoms with van der Waals surface area (Å²) in [5.74, 6) is -0.677. The molecule has 0 radical (unpaired) electrons. The number of carbonyl (C=O) groups excluding carboxylic acids is 1. The highest BCUT2D eigenvalue weighted by molar-refractivity contribution is 5.76. The molecule has 1 amide bonds. The van der Waals surface area contributed by atoms with E-state index in [-0.39, 0.29) is 30.8 Å². The van der Waals surface area contributed by atoms with Gasteiger partial charge in [0.1, 0.15) is 0 Å². The Morgan fingerprint density at radius 2 is 2.05 bits per heavy atom. The lowest BCUT2D eigenvalue weighted by Gasteiger charge is -2.25. The van der Waals surface area contributed by atoms with Crippen LogP contribution in [0.5, 0.6) is 0 Å². The Balaban J connectivity index is 1.93. The molecule has 0 aliphatic heterocycles. The lowest BCUT2D eigenvalue weighted by molar-refractivity contribution is -0.122. The fourth-order valence-corrected chi connectivity index (χ4v) is 2.04. The molecular formula is C16H22N2O4. The van der Waals surface area contributed by atoms with E-state index in [0.29, 0.717) is 11.1 Å². The molecule has 6 heteroatoms. The molecular weight excluding hydrogens is 284 g/mol. The first-order valence-electron chi connectivity index (χ1n) is 7.32. The van der Waals surface area contributed by atoms with Gasteiger partial charge in [-0.2, -0.15) is 0 Å². The number of rotatable bonds is 5. The summed E-state index contributed by atoms with van der Waals surface area (Å²) in [5.41, 5.74) is 0.899. The van der Waals surface area contributed by atoms with Crippen LogP contribution >= 0.6 is 0 Å². The van der Waals surface area contributed by atoms with E-state index in [4.69, 9.17) is 4.42 Å². The molecule has 0 saturated carbocycles. The van der Waals surface area contributed by atoms with Crippen molar-refractivity contribution in [2.45, 2.75) is 39.8 Å². The number of aromatic nitrogens is 1. The van der Waals surface area contributed by atoms with Crippen molar-refractivity contribution in [3.05, 3.63) is 34.8 Å². The molecule has 1 aromatic carbocycles. The Kier molecular flexibility index (Phi) is 4.71. The van der Waals surface area contributed by atoms with E-state index in [1.54, 1.807) is 18.2 Å². The number of aliphatic hydroxyl groups excluding tert-OH is 1. The maximum absolute atomic E-state index is 11.8. The van der Waals surface area contributed by atoms with Crippen molar-refractivity contribution in [1.29, 1.82) is 0 Å². The van der Waals surface area contributed by atoms with Crippen LogP contribution in [0.15, 0.2) is 33.5 Å². The molecule has 1 aromatic heterocycles. The smallest absolute Gasteiger partial charge is 0.408 e. The number of fused-ring (bicyclic) bond motifs is 1. The summed E-state index contributed by atoms with van der Waals surface area (Å²) >= 11 is 0. The van der Waals surface area contributed by atoms with Crippen molar-refractivity contribution in [2.24, 2.45) is 5.41 Å². The van der Waals surface area contributed by atoms with Gasteiger partial charge in [-0.15, -0.1) is 0 Å². The number of oxazole rings is 1. The maximum Gasteiger partial charge on any atom is 0.419 e. The second kappa shape index (κ2) is 6.36. The largest absolute Gasteiger partial charge is 0.419 e.